The molecule has 6 nitrogen and oxygen atoms in total. The standard InChI is InChI=1S/C5H16N4O2/c1-5(2,11-7-3)9(10)8(4)6/h7,9H,6H2,1-4H3. The number of nitrogens with two attached hydrogens (primary N) is 1. The summed E-state index contributed by atoms with van der Waals surface area (Å²) < 4.78 is 0. The molecule has 0 aromatic carbocycles. The summed E-state index contributed by atoms with van der Waals surface area (Å²) in [6, 6.07) is 0. The van der Waals surface area contributed by atoms with E-state index in [1.165, 1.54) is 7.05 Å². The highest BCUT2D eigenvalue weighted by atomic mass is 16.7. The van der Waals surface area contributed by atoms with E-state index in [2.05, 4.69) is 5.48 Å². The van der Waals surface area contributed by atoms with Gasteiger partial charge in [-0.1, -0.05) is 5.12 Å². The van der Waals surface area contributed by atoms with Gasteiger partial charge in [-0.25, -0.2) is 15.9 Å². The summed E-state index contributed by atoms with van der Waals surface area (Å²) >= 11 is 0. The summed E-state index contributed by atoms with van der Waals surface area (Å²) in [5, 5.41) is 11.9. The first-order chi connectivity index (χ1) is 4.91. The molecule has 0 rings (SSSR count). The fraction of sp³-hybridized carbons (Fsp3) is 1.00. The van der Waals surface area contributed by atoms with Crippen LogP contribution in [0.5, 0.6) is 0 Å². The zero-order valence-corrected chi connectivity index (χ0v) is 7.34. The molecule has 0 aromatic heterocycles. The van der Waals surface area contributed by atoms with Crippen LogP contribution >= 0.6 is 0 Å². The molecule has 0 saturated heterocycles. The topological polar surface area (TPSA) is 78.0 Å². The highest BCUT2D eigenvalue weighted by Gasteiger charge is 2.28. The van der Waals surface area contributed by atoms with Gasteiger partial charge in [-0.3, -0.25) is 0 Å². The van der Waals surface area contributed by atoms with Gasteiger partial charge in [0, 0.05) is 20.9 Å². The zero-order chi connectivity index (χ0) is 9.07. The molecular formula is C5H16N4O2. The molecule has 0 spiro atoms. The van der Waals surface area contributed by atoms with Gasteiger partial charge in [0.15, 0.2) is 0 Å². The van der Waals surface area contributed by atoms with Crippen molar-refractivity contribution in [3.63, 3.8) is 0 Å². The third-order valence-corrected chi connectivity index (χ3v) is 1.19. The van der Waals surface area contributed by atoms with Gasteiger partial charge in [-0.2, -0.15) is 5.48 Å². The van der Waals surface area contributed by atoms with Crippen molar-refractivity contribution < 1.29 is 10.0 Å². The first-order valence-corrected chi connectivity index (χ1v) is 3.29. The van der Waals surface area contributed by atoms with Crippen molar-refractivity contribution >= 4 is 0 Å². The number of hydrazine groups is 1. The van der Waals surface area contributed by atoms with Crippen molar-refractivity contribution in [3.8, 4) is 0 Å². The van der Waals surface area contributed by atoms with E-state index >= 15 is 0 Å². The smallest absolute Gasteiger partial charge is 0.232 e. The third kappa shape index (κ3) is 3.10. The van der Waals surface area contributed by atoms with Gasteiger partial charge < -0.3 is 5.21 Å². The Labute approximate surface area is 66.4 Å². The van der Waals surface area contributed by atoms with Crippen LogP contribution in [0.15, 0.2) is 0 Å². The predicted molar refractivity (Wildman–Crippen MR) is 40.5 cm³/mol. The second-order valence-electron chi connectivity index (χ2n) is 2.73. The molecular weight excluding hydrogens is 148 g/mol. The van der Waals surface area contributed by atoms with E-state index in [-0.39, 0.29) is 5.17 Å². The molecule has 1 atom stereocenters. The molecule has 0 bridgehead atoms. The Morgan fingerprint density at radius 3 is 2.36 bits per heavy atom. The Kier molecular flexibility index (Phi) is 3.87. The van der Waals surface area contributed by atoms with Gasteiger partial charge in [-0.05, 0) is 0 Å². The van der Waals surface area contributed by atoms with Crippen molar-refractivity contribution in [3.05, 3.63) is 5.21 Å². The first-order valence-electron chi connectivity index (χ1n) is 3.29. The maximum absolute atomic E-state index is 11.2. The van der Waals surface area contributed by atoms with Crippen molar-refractivity contribution in [1.82, 2.24) is 10.6 Å². The molecule has 6 heteroatoms. The maximum Gasteiger partial charge on any atom is 0.232 e. The largest absolute Gasteiger partial charge is 0.610 e. The van der Waals surface area contributed by atoms with Crippen LogP contribution in [0.4, 0.5) is 0 Å². The lowest BCUT2D eigenvalue weighted by atomic mass is 10.3. The van der Waals surface area contributed by atoms with Crippen LogP contribution in [0.2, 0.25) is 0 Å². The van der Waals surface area contributed by atoms with Crippen LogP contribution in [0, 0.1) is 5.21 Å². The van der Waals surface area contributed by atoms with E-state index in [9.17, 15) is 5.21 Å². The van der Waals surface area contributed by atoms with Gasteiger partial charge in [0.05, 0.1) is 7.05 Å². The second-order valence-corrected chi connectivity index (χ2v) is 2.73. The molecule has 0 aromatic rings. The minimum Gasteiger partial charge on any atom is -0.610 e. The first kappa shape index (κ1) is 10.8. The van der Waals surface area contributed by atoms with E-state index in [0.29, 0.717) is 0 Å². The Bertz CT molecular complexity index is 117. The molecule has 0 aliphatic heterocycles. The van der Waals surface area contributed by atoms with Gasteiger partial charge in [0.1, 0.15) is 0 Å². The van der Waals surface area contributed by atoms with Crippen LogP contribution in [-0.4, -0.2) is 24.9 Å². The van der Waals surface area contributed by atoms with Crippen LogP contribution in [0.25, 0.3) is 0 Å². The van der Waals surface area contributed by atoms with Crippen LogP contribution < -0.4 is 16.5 Å². The summed E-state index contributed by atoms with van der Waals surface area (Å²) in [5.41, 5.74) is 1.52. The Hall–Kier alpha value is -0.240. The molecule has 1 unspecified atom stereocenters. The number of rotatable bonds is 4. The summed E-state index contributed by atoms with van der Waals surface area (Å²) in [4.78, 5) is 4.93. The molecule has 0 heterocycles. The van der Waals surface area contributed by atoms with Crippen molar-refractivity contribution in [2.24, 2.45) is 5.84 Å². The molecule has 11 heavy (non-hydrogen) atoms. The highest BCUT2D eigenvalue weighted by Crippen LogP contribution is 1.94. The fourth-order valence-corrected chi connectivity index (χ4v) is 0.724. The number of hydrogen-bond acceptors (Lipinski definition) is 5. The lowest BCUT2D eigenvalue weighted by Gasteiger charge is -2.38. The molecule has 68 valence electrons. The Morgan fingerprint density at radius 1 is 1.64 bits per heavy atom. The average Bonchev–Trinajstić information content (AvgIpc) is 1.86. The summed E-state index contributed by atoms with van der Waals surface area (Å²) in [6.45, 7) is 3.27. The monoisotopic (exact) mass is 164 g/mol. The molecule has 0 aliphatic rings. The SMILES string of the molecule is CNOC(C)(C)[NH+]([O-])N(C)N. The number of nitrogens with one attached hydrogen (secondary N) is 2. The summed E-state index contributed by atoms with van der Waals surface area (Å²) in [7, 11) is 3.06. The highest BCUT2D eigenvalue weighted by molar-refractivity contribution is 4.46. The van der Waals surface area contributed by atoms with E-state index in [4.69, 9.17) is 10.7 Å². The van der Waals surface area contributed by atoms with Crippen molar-refractivity contribution in [2.45, 2.75) is 19.6 Å². The van der Waals surface area contributed by atoms with Crippen molar-refractivity contribution in [2.75, 3.05) is 14.1 Å². The van der Waals surface area contributed by atoms with E-state index < -0.39 is 5.72 Å². The van der Waals surface area contributed by atoms with E-state index in [1.54, 1.807) is 20.9 Å². The van der Waals surface area contributed by atoms with Gasteiger partial charge in [0.2, 0.25) is 5.72 Å². The molecule has 4 N–H and O–H groups in total. The average molecular weight is 164 g/mol. The second kappa shape index (κ2) is 3.96. The number of hydroxylamine groups is 2. The van der Waals surface area contributed by atoms with Crippen LogP contribution in [0.1, 0.15) is 13.8 Å². The Morgan fingerprint density at radius 2 is 2.09 bits per heavy atom. The third-order valence-electron chi connectivity index (χ3n) is 1.19. The maximum atomic E-state index is 11.2. The molecule has 0 radical (unpaired) electrons. The van der Waals surface area contributed by atoms with E-state index in [1.807, 2.05) is 0 Å². The predicted octanol–water partition coefficient (Wildman–Crippen LogP) is -2.02. The molecule has 0 aliphatic carbocycles. The lowest BCUT2D eigenvalue weighted by Crippen LogP contribution is -3.22. The van der Waals surface area contributed by atoms with Crippen LogP contribution in [-0.2, 0) is 4.84 Å². The van der Waals surface area contributed by atoms with Gasteiger partial charge >= 0.3 is 0 Å². The van der Waals surface area contributed by atoms with E-state index in [0.717, 1.165) is 5.12 Å². The zero-order valence-electron chi connectivity index (χ0n) is 7.34. The minimum absolute atomic E-state index is 0.285. The Balaban J connectivity index is 4.05. The molecule has 0 amide bonds. The lowest BCUT2D eigenvalue weighted by molar-refractivity contribution is -1.04. The molecule has 0 fully saturated rings. The minimum atomic E-state index is -0.918. The number of nitrogens with zero attached hydrogens (tertiary/aromatic N) is 1. The van der Waals surface area contributed by atoms with Gasteiger partial charge in [-0.15, -0.1) is 0 Å². The number of hydrogen-bond donors (Lipinski definition) is 3. The fourth-order valence-electron chi connectivity index (χ4n) is 0.724. The molecule has 0 saturated carbocycles. The van der Waals surface area contributed by atoms with Crippen molar-refractivity contribution in [1.29, 1.82) is 0 Å². The summed E-state index contributed by atoms with van der Waals surface area (Å²) in [5.74, 6) is 5.23. The summed E-state index contributed by atoms with van der Waals surface area (Å²) in [6.07, 6.45) is 0. The number of quaternary nitrogens is 1. The normalized spacial score (nSPS) is 15.5. The van der Waals surface area contributed by atoms with Gasteiger partial charge in [0.25, 0.3) is 0 Å². The van der Waals surface area contributed by atoms with Crippen LogP contribution in [0.3, 0.4) is 0 Å². The quantitative estimate of drug-likeness (QED) is 0.254.